The van der Waals surface area contributed by atoms with Gasteiger partial charge in [-0.3, -0.25) is 9.13 Å². The number of aromatic nitrogens is 4. The summed E-state index contributed by atoms with van der Waals surface area (Å²) in [5.41, 5.74) is 0.0260. The first-order valence-corrected chi connectivity index (χ1v) is 8.55. The normalized spacial score (nSPS) is 23.0. The molecule has 22 heavy (non-hydrogen) atoms. The van der Waals surface area contributed by atoms with Crippen LogP contribution in [0.4, 0.5) is 4.39 Å². The van der Waals surface area contributed by atoms with Gasteiger partial charge in [-0.2, -0.15) is 4.98 Å². The summed E-state index contributed by atoms with van der Waals surface area (Å²) in [5, 5.41) is -0.387. The van der Waals surface area contributed by atoms with Gasteiger partial charge in [0.15, 0.2) is 5.65 Å². The second-order valence-corrected chi connectivity index (χ2v) is 7.20. The van der Waals surface area contributed by atoms with Crippen LogP contribution in [0.1, 0.15) is 12.5 Å². The van der Waals surface area contributed by atoms with E-state index in [4.69, 9.17) is 4.74 Å². The molecule has 0 bridgehead atoms. The quantitative estimate of drug-likeness (QED) is 0.710. The van der Waals surface area contributed by atoms with Crippen LogP contribution in [0.5, 0.6) is 0 Å². The molecule has 1 fully saturated rings. The molecule has 1 aliphatic heterocycles. The van der Waals surface area contributed by atoms with Crippen molar-refractivity contribution in [1.29, 1.82) is 0 Å². The predicted molar refractivity (Wildman–Crippen MR) is 75.2 cm³/mol. The maximum Gasteiger partial charge on any atom is 0.330 e. The highest BCUT2D eigenvalue weighted by atomic mass is 32.2. The largest absolute Gasteiger partial charge is 0.378 e. The molecule has 2 aromatic rings. The molecule has 0 aliphatic carbocycles. The minimum atomic E-state index is -3.62. The number of hydrogen-bond acceptors (Lipinski definition) is 6. The molecule has 0 spiro atoms. The van der Waals surface area contributed by atoms with Gasteiger partial charge < -0.3 is 4.74 Å². The minimum Gasteiger partial charge on any atom is -0.378 e. The maximum atomic E-state index is 14.1. The zero-order valence-corrected chi connectivity index (χ0v) is 12.9. The van der Waals surface area contributed by atoms with Crippen molar-refractivity contribution in [1.82, 2.24) is 19.1 Å². The fourth-order valence-corrected chi connectivity index (χ4v) is 3.08. The molecular formula is C12H15FN4O4S. The Morgan fingerprint density at radius 2 is 2.18 bits per heavy atom. The van der Waals surface area contributed by atoms with Crippen LogP contribution in [-0.2, 0) is 21.6 Å². The molecule has 3 rings (SSSR count). The number of aryl methyl sites for hydroxylation is 1. The summed E-state index contributed by atoms with van der Waals surface area (Å²) in [4.78, 5) is 20.1. The van der Waals surface area contributed by atoms with Crippen molar-refractivity contribution >= 4 is 21.0 Å². The van der Waals surface area contributed by atoms with E-state index in [-0.39, 0.29) is 17.4 Å². The van der Waals surface area contributed by atoms with Crippen molar-refractivity contribution in [3.05, 3.63) is 16.7 Å². The number of rotatable bonds is 2. The van der Waals surface area contributed by atoms with Crippen molar-refractivity contribution in [3.63, 3.8) is 0 Å². The van der Waals surface area contributed by atoms with Gasteiger partial charge in [-0.05, 0) is 6.42 Å². The molecule has 10 heteroatoms. The highest BCUT2D eigenvalue weighted by Crippen LogP contribution is 2.26. The lowest BCUT2D eigenvalue weighted by Gasteiger charge is -2.26. The van der Waals surface area contributed by atoms with Gasteiger partial charge in [0.05, 0.1) is 18.8 Å². The zero-order valence-electron chi connectivity index (χ0n) is 12.1. The lowest BCUT2D eigenvalue weighted by atomic mass is 10.1. The van der Waals surface area contributed by atoms with Crippen LogP contribution in [0.3, 0.4) is 0 Å². The highest BCUT2D eigenvalue weighted by Gasteiger charge is 2.31. The molecule has 8 nitrogen and oxygen atoms in total. The maximum absolute atomic E-state index is 14.1. The van der Waals surface area contributed by atoms with E-state index in [0.717, 1.165) is 6.26 Å². The minimum absolute atomic E-state index is 0.0997. The number of ether oxygens (including phenoxy) is 1. The van der Waals surface area contributed by atoms with Crippen molar-refractivity contribution in [2.75, 3.05) is 19.5 Å². The number of halogens is 1. The Labute approximate surface area is 125 Å². The molecular weight excluding hydrogens is 315 g/mol. The molecule has 2 aromatic heterocycles. The number of nitrogens with zero attached hydrogens (tertiary/aromatic N) is 4. The van der Waals surface area contributed by atoms with Crippen LogP contribution < -0.4 is 5.69 Å². The zero-order chi connectivity index (χ0) is 16.1. The van der Waals surface area contributed by atoms with E-state index in [1.807, 2.05) is 0 Å². The van der Waals surface area contributed by atoms with Gasteiger partial charge in [0, 0.05) is 19.9 Å². The van der Waals surface area contributed by atoms with E-state index in [9.17, 15) is 17.6 Å². The third-order valence-corrected chi connectivity index (χ3v) is 4.59. The van der Waals surface area contributed by atoms with Crippen LogP contribution in [0, 0.1) is 0 Å². The molecule has 0 N–H and O–H groups in total. The molecule has 2 unspecified atom stereocenters. The van der Waals surface area contributed by atoms with E-state index in [0.29, 0.717) is 18.5 Å². The molecule has 2 atom stereocenters. The van der Waals surface area contributed by atoms with Crippen molar-refractivity contribution in [2.24, 2.45) is 7.05 Å². The Morgan fingerprint density at radius 1 is 1.45 bits per heavy atom. The van der Waals surface area contributed by atoms with Gasteiger partial charge in [-0.25, -0.2) is 22.6 Å². The Bertz CT molecular complexity index is 888. The monoisotopic (exact) mass is 330 g/mol. The lowest BCUT2D eigenvalue weighted by Crippen LogP contribution is -2.37. The van der Waals surface area contributed by atoms with E-state index in [1.165, 1.54) is 22.4 Å². The van der Waals surface area contributed by atoms with E-state index in [1.54, 1.807) is 0 Å². The number of imidazole rings is 1. The number of alkyl halides is 1. The summed E-state index contributed by atoms with van der Waals surface area (Å²) in [6, 6.07) is -0.729. The first-order valence-electron chi connectivity index (χ1n) is 6.66. The second kappa shape index (κ2) is 5.13. The van der Waals surface area contributed by atoms with Gasteiger partial charge in [-0.15, -0.1) is 0 Å². The molecule has 3 heterocycles. The van der Waals surface area contributed by atoms with E-state index in [2.05, 4.69) is 9.97 Å². The fraction of sp³-hybridized carbons (Fsp3) is 0.583. The van der Waals surface area contributed by atoms with Crippen molar-refractivity contribution in [2.45, 2.75) is 23.8 Å². The molecule has 0 aromatic carbocycles. The standard InChI is InChI=1S/C12H15FN4O4S/c1-16-9-5-14-11(22(2,19)20)15-10(9)17(12(16)18)8-3-4-21-6-7(8)13/h5,7-8H,3-4,6H2,1-2H3. The summed E-state index contributed by atoms with van der Waals surface area (Å²) < 4.78 is 44.9. The predicted octanol–water partition coefficient (Wildman–Crippen LogP) is -0.167. The number of hydrogen-bond donors (Lipinski definition) is 0. The molecule has 120 valence electrons. The van der Waals surface area contributed by atoms with Gasteiger partial charge in [0.1, 0.15) is 11.7 Å². The molecule has 0 radical (unpaired) electrons. The van der Waals surface area contributed by atoms with Crippen LogP contribution >= 0.6 is 0 Å². The van der Waals surface area contributed by atoms with Crippen LogP contribution in [0.15, 0.2) is 16.1 Å². The Kier molecular flexibility index (Phi) is 3.52. The highest BCUT2D eigenvalue weighted by molar-refractivity contribution is 7.90. The Balaban J connectivity index is 2.28. The van der Waals surface area contributed by atoms with Gasteiger partial charge in [-0.1, -0.05) is 0 Å². The van der Waals surface area contributed by atoms with Crippen molar-refractivity contribution in [3.8, 4) is 0 Å². The Morgan fingerprint density at radius 3 is 2.82 bits per heavy atom. The first kappa shape index (κ1) is 15.1. The average Bonchev–Trinajstić information content (AvgIpc) is 2.71. The smallest absolute Gasteiger partial charge is 0.330 e. The van der Waals surface area contributed by atoms with Crippen LogP contribution in [-0.4, -0.2) is 53.2 Å². The summed E-state index contributed by atoms with van der Waals surface area (Å²) >= 11 is 0. The van der Waals surface area contributed by atoms with Gasteiger partial charge in [0.2, 0.25) is 15.0 Å². The van der Waals surface area contributed by atoms with Gasteiger partial charge >= 0.3 is 5.69 Å². The third kappa shape index (κ3) is 2.31. The fourth-order valence-electron chi connectivity index (χ4n) is 2.58. The average molecular weight is 330 g/mol. The first-order chi connectivity index (χ1) is 10.3. The Hall–Kier alpha value is -1.81. The van der Waals surface area contributed by atoms with E-state index < -0.39 is 27.7 Å². The summed E-state index contributed by atoms with van der Waals surface area (Å²) in [7, 11) is -2.11. The lowest BCUT2D eigenvalue weighted by molar-refractivity contribution is 0.00326. The number of sulfone groups is 1. The second-order valence-electron chi connectivity index (χ2n) is 5.29. The molecule has 1 aliphatic rings. The molecule has 0 saturated carbocycles. The molecule has 1 saturated heterocycles. The van der Waals surface area contributed by atoms with E-state index >= 15 is 0 Å². The topological polar surface area (TPSA) is 96.1 Å². The van der Waals surface area contributed by atoms with Crippen LogP contribution in [0.2, 0.25) is 0 Å². The van der Waals surface area contributed by atoms with Gasteiger partial charge in [0.25, 0.3) is 0 Å². The third-order valence-electron chi connectivity index (χ3n) is 3.73. The number of fused-ring (bicyclic) bond motifs is 1. The SMILES string of the molecule is Cn1c(=O)n(C2CCOCC2F)c2nc(S(C)(=O)=O)ncc21. The summed E-state index contributed by atoms with van der Waals surface area (Å²) in [5.74, 6) is 0. The summed E-state index contributed by atoms with van der Waals surface area (Å²) in [6.07, 6.45) is 1.21. The summed E-state index contributed by atoms with van der Waals surface area (Å²) in [6.45, 7) is 0.232. The van der Waals surface area contributed by atoms with Crippen molar-refractivity contribution < 1.29 is 17.5 Å². The van der Waals surface area contributed by atoms with Crippen LogP contribution in [0.25, 0.3) is 11.2 Å². The molecule has 0 amide bonds.